The van der Waals surface area contributed by atoms with E-state index in [2.05, 4.69) is 11.1 Å². The number of para-hydroxylation sites is 1. The summed E-state index contributed by atoms with van der Waals surface area (Å²) in [6.45, 7) is -0.170. The Labute approximate surface area is 128 Å². The molecule has 5 heteroatoms. The molecule has 0 saturated heterocycles. The molecule has 2 N–H and O–H groups in total. The zero-order chi connectivity index (χ0) is 15.5. The number of carbonyl (C=O) groups excluding carboxylic acids is 1. The number of fused-ring (bicyclic) bond motifs is 1. The molecule has 0 atom stereocenters. The average molecular weight is 300 g/mol. The van der Waals surface area contributed by atoms with Gasteiger partial charge in [0.2, 0.25) is 5.91 Å². The van der Waals surface area contributed by atoms with Crippen LogP contribution in [0.15, 0.2) is 30.5 Å². The molecule has 0 spiro atoms. The fourth-order valence-electron chi connectivity index (χ4n) is 2.86. The van der Waals surface area contributed by atoms with E-state index < -0.39 is 5.97 Å². The number of rotatable bonds is 7. The van der Waals surface area contributed by atoms with Crippen molar-refractivity contribution >= 4 is 22.8 Å². The van der Waals surface area contributed by atoms with E-state index in [1.807, 2.05) is 24.4 Å². The summed E-state index contributed by atoms with van der Waals surface area (Å²) in [6.07, 6.45) is 5.82. The van der Waals surface area contributed by atoms with E-state index in [0.29, 0.717) is 6.42 Å². The maximum atomic E-state index is 12.2. The molecular formula is C17H20N2O3. The van der Waals surface area contributed by atoms with Crippen LogP contribution >= 0.6 is 0 Å². The van der Waals surface area contributed by atoms with Gasteiger partial charge in [-0.25, -0.2) is 0 Å². The average Bonchev–Trinajstić information content (AvgIpc) is 3.26. The number of hydrogen-bond acceptors (Lipinski definition) is 2. The Kier molecular flexibility index (Phi) is 4.13. The minimum atomic E-state index is -0.933. The lowest BCUT2D eigenvalue weighted by atomic mass is 10.1. The topological polar surface area (TPSA) is 73.4 Å². The highest BCUT2D eigenvalue weighted by molar-refractivity contribution is 5.83. The van der Waals surface area contributed by atoms with Gasteiger partial charge < -0.3 is 15.0 Å². The van der Waals surface area contributed by atoms with Gasteiger partial charge in [-0.05, 0) is 37.3 Å². The molecule has 3 rings (SSSR count). The normalized spacial score (nSPS) is 14.2. The Morgan fingerprint density at radius 2 is 2.05 bits per heavy atom. The van der Waals surface area contributed by atoms with E-state index in [9.17, 15) is 9.59 Å². The van der Waals surface area contributed by atoms with Crippen molar-refractivity contribution in [2.45, 2.75) is 38.1 Å². The maximum absolute atomic E-state index is 12.2. The summed E-state index contributed by atoms with van der Waals surface area (Å²) in [7, 11) is 0. The van der Waals surface area contributed by atoms with Crippen LogP contribution in [0.25, 0.3) is 10.9 Å². The van der Waals surface area contributed by atoms with E-state index in [1.165, 1.54) is 15.8 Å². The summed E-state index contributed by atoms with van der Waals surface area (Å²) in [4.78, 5) is 27.8. The summed E-state index contributed by atoms with van der Waals surface area (Å²) >= 11 is 0. The molecule has 1 amide bonds. The van der Waals surface area contributed by atoms with Crippen molar-refractivity contribution in [2.75, 3.05) is 6.54 Å². The second kappa shape index (κ2) is 6.22. The molecular weight excluding hydrogens is 280 g/mol. The third kappa shape index (κ3) is 3.30. The largest absolute Gasteiger partial charge is 0.480 e. The van der Waals surface area contributed by atoms with Crippen molar-refractivity contribution in [3.63, 3.8) is 0 Å². The summed E-state index contributed by atoms with van der Waals surface area (Å²) in [5.41, 5.74) is 2.31. The van der Waals surface area contributed by atoms with E-state index in [4.69, 9.17) is 5.11 Å². The second-order valence-corrected chi connectivity index (χ2v) is 5.86. The molecule has 0 bridgehead atoms. The van der Waals surface area contributed by atoms with Crippen molar-refractivity contribution in [3.05, 3.63) is 36.0 Å². The minimum absolute atomic E-state index is 0.0373. The van der Waals surface area contributed by atoms with Gasteiger partial charge in [-0.1, -0.05) is 18.2 Å². The number of H-pyrrole nitrogens is 1. The van der Waals surface area contributed by atoms with Gasteiger partial charge >= 0.3 is 5.97 Å². The maximum Gasteiger partial charge on any atom is 0.323 e. The molecule has 22 heavy (non-hydrogen) atoms. The third-order valence-electron chi connectivity index (χ3n) is 4.13. The van der Waals surface area contributed by atoms with Crippen molar-refractivity contribution in [1.29, 1.82) is 0 Å². The predicted octanol–water partition coefficient (Wildman–Crippen LogP) is 2.57. The molecule has 2 aromatic rings. The van der Waals surface area contributed by atoms with Crippen LogP contribution in [0.3, 0.4) is 0 Å². The Bertz CT molecular complexity index is 688. The number of carboxylic acid groups (broad SMARTS) is 1. The number of aryl methyl sites for hydroxylation is 1. The number of carboxylic acids is 1. The van der Waals surface area contributed by atoms with Crippen molar-refractivity contribution < 1.29 is 14.7 Å². The van der Waals surface area contributed by atoms with Gasteiger partial charge in [0, 0.05) is 29.6 Å². The van der Waals surface area contributed by atoms with Crippen LogP contribution in [-0.2, 0) is 16.0 Å². The highest BCUT2D eigenvalue weighted by atomic mass is 16.4. The fraction of sp³-hybridized carbons (Fsp3) is 0.412. The zero-order valence-corrected chi connectivity index (χ0v) is 12.4. The first-order valence-electron chi connectivity index (χ1n) is 7.71. The third-order valence-corrected chi connectivity index (χ3v) is 4.13. The van der Waals surface area contributed by atoms with Crippen LogP contribution in [0.1, 0.15) is 31.2 Å². The van der Waals surface area contributed by atoms with Crippen molar-refractivity contribution in [2.24, 2.45) is 0 Å². The summed E-state index contributed by atoms with van der Waals surface area (Å²) < 4.78 is 0. The van der Waals surface area contributed by atoms with Gasteiger partial charge in [0.1, 0.15) is 6.54 Å². The number of amides is 1. The second-order valence-electron chi connectivity index (χ2n) is 5.86. The van der Waals surface area contributed by atoms with E-state index in [0.717, 1.165) is 31.2 Å². The lowest BCUT2D eigenvalue weighted by molar-refractivity contribution is -0.144. The standard InChI is InChI=1S/C17H20N2O3/c20-16(19(11-17(21)22)13-8-9-13)7-3-4-12-10-18-15-6-2-1-5-14(12)15/h1-2,5-6,10,13,18H,3-4,7-9,11H2,(H,21,22). The number of nitrogens with zero attached hydrogens (tertiary/aromatic N) is 1. The number of benzene rings is 1. The SMILES string of the molecule is O=C(O)CN(C(=O)CCCc1c[nH]c2ccccc12)C1CC1. The predicted molar refractivity (Wildman–Crippen MR) is 83.6 cm³/mol. The highest BCUT2D eigenvalue weighted by Crippen LogP contribution is 2.27. The van der Waals surface area contributed by atoms with Gasteiger partial charge in [0.25, 0.3) is 0 Å². The van der Waals surface area contributed by atoms with Gasteiger partial charge in [-0.3, -0.25) is 9.59 Å². The Morgan fingerprint density at radius 1 is 1.27 bits per heavy atom. The first kappa shape index (κ1) is 14.6. The zero-order valence-electron chi connectivity index (χ0n) is 12.4. The molecule has 5 nitrogen and oxygen atoms in total. The monoisotopic (exact) mass is 300 g/mol. The van der Waals surface area contributed by atoms with Crippen LogP contribution in [0.5, 0.6) is 0 Å². The minimum Gasteiger partial charge on any atom is -0.480 e. The molecule has 1 aliphatic carbocycles. The smallest absolute Gasteiger partial charge is 0.323 e. The Balaban J connectivity index is 1.55. The Hall–Kier alpha value is -2.30. The number of aromatic nitrogens is 1. The van der Waals surface area contributed by atoms with Crippen molar-refractivity contribution in [1.82, 2.24) is 9.88 Å². The van der Waals surface area contributed by atoms with Crippen LogP contribution in [-0.4, -0.2) is 39.5 Å². The number of hydrogen-bond donors (Lipinski definition) is 2. The molecule has 1 aliphatic rings. The molecule has 0 unspecified atom stereocenters. The molecule has 0 aliphatic heterocycles. The number of nitrogens with one attached hydrogen (secondary N) is 1. The van der Waals surface area contributed by atoms with E-state index in [-0.39, 0.29) is 18.5 Å². The number of aliphatic carboxylic acids is 1. The van der Waals surface area contributed by atoms with E-state index in [1.54, 1.807) is 0 Å². The van der Waals surface area contributed by atoms with Crippen LogP contribution in [0.2, 0.25) is 0 Å². The molecule has 0 radical (unpaired) electrons. The van der Waals surface area contributed by atoms with Gasteiger partial charge in [0.05, 0.1) is 0 Å². The van der Waals surface area contributed by atoms with Gasteiger partial charge in [-0.2, -0.15) is 0 Å². The first-order valence-corrected chi connectivity index (χ1v) is 7.71. The number of carbonyl (C=O) groups is 2. The molecule has 1 saturated carbocycles. The quantitative estimate of drug-likeness (QED) is 0.825. The van der Waals surface area contributed by atoms with Gasteiger partial charge in [-0.15, -0.1) is 0 Å². The highest BCUT2D eigenvalue weighted by Gasteiger charge is 2.33. The molecule has 1 fully saturated rings. The van der Waals surface area contributed by atoms with Crippen LogP contribution in [0, 0.1) is 0 Å². The lowest BCUT2D eigenvalue weighted by Crippen LogP contribution is -2.37. The number of aromatic amines is 1. The fourth-order valence-corrected chi connectivity index (χ4v) is 2.86. The first-order chi connectivity index (χ1) is 10.6. The summed E-state index contributed by atoms with van der Waals surface area (Å²) in [5, 5.41) is 10.1. The molecule has 1 aromatic carbocycles. The summed E-state index contributed by atoms with van der Waals surface area (Å²) in [6, 6.07) is 8.25. The van der Waals surface area contributed by atoms with E-state index >= 15 is 0 Å². The van der Waals surface area contributed by atoms with Gasteiger partial charge in [0.15, 0.2) is 0 Å². The molecule has 116 valence electrons. The van der Waals surface area contributed by atoms with Crippen molar-refractivity contribution in [3.8, 4) is 0 Å². The molecule has 1 aromatic heterocycles. The van der Waals surface area contributed by atoms with Crippen LogP contribution in [0.4, 0.5) is 0 Å². The molecule has 1 heterocycles. The summed E-state index contributed by atoms with van der Waals surface area (Å²) in [5.74, 6) is -0.971. The Morgan fingerprint density at radius 3 is 2.77 bits per heavy atom. The lowest BCUT2D eigenvalue weighted by Gasteiger charge is -2.20. The van der Waals surface area contributed by atoms with Crippen LogP contribution < -0.4 is 0 Å².